The lowest BCUT2D eigenvalue weighted by Crippen LogP contribution is -2.18. The summed E-state index contributed by atoms with van der Waals surface area (Å²) in [7, 11) is 3.56. The summed E-state index contributed by atoms with van der Waals surface area (Å²) in [5.74, 6) is 4.94. The molecule has 0 fully saturated rings. The van der Waals surface area contributed by atoms with Crippen LogP contribution in [0.15, 0.2) is 0 Å². The molecule has 7 heavy (non-hydrogen) atoms. The molecule has 0 aliphatic carbocycles. The number of hydrogen-bond donors (Lipinski definition) is 2. The van der Waals surface area contributed by atoms with E-state index in [1.165, 1.54) is 10.4 Å². The first kappa shape index (κ1) is 9.90. The molecule has 0 saturated carbocycles. The zero-order valence-corrected chi connectivity index (χ0v) is 5.31. The molecule has 3 nitrogen and oxygen atoms in total. The lowest BCUT2D eigenvalue weighted by molar-refractivity contribution is 0.432. The highest BCUT2D eigenvalue weighted by atomic mass is 32.1. The maximum atomic E-state index is 7.18. The van der Waals surface area contributed by atoms with Crippen LogP contribution in [0.4, 0.5) is 0 Å². The van der Waals surface area contributed by atoms with Gasteiger partial charge in [-0.1, -0.05) is 12.6 Å². The molecule has 42 valence electrons. The minimum absolute atomic E-state index is 1.44. The van der Waals surface area contributed by atoms with Gasteiger partial charge in [0.25, 0.3) is 0 Å². The molecule has 0 bridgehead atoms. The van der Waals surface area contributed by atoms with E-state index in [9.17, 15) is 0 Å². The van der Waals surface area contributed by atoms with Gasteiger partial charge in [0.2, 0.25) is 0 Å². The Morgan fingerprint density at radius 1 is 1.71 bits per heavy atom. The number of hydrazine groups is 1. The van der Waals surface area contributed by atoms with Gasteiger partial charge in [-0.15, -0.1) is 0 Å². The van der Waals surface area contributed by atoms with Gasteiger partial charge in [0.1, 0.15) is 5.40 Å². The zero-order valence-electron chi connectivity index (χ0n) is 4.42. The monoisotopic (exact) mass is 119 g/mol. The second-order valence-corrected chi connectivity index (χ2v) is 1.26. The fourth-order valence-electron chi connectivity index (χ4n) is 0. The maximum Gasteiger partial charge on any atom is 0.130 e. The first-order valence-electron chi connectivity index (χ1n) is 1.60. The van der Waals surface area contributed by atoms with Crippen molar-refractivity contribution in [3.8, 4) is 5.40 Å². The minimum Gasteiger partial charge on any atom is -0.269 e. The maximum absolute atomic E-state index is 7.18. The fourth-order valence-corrected chi connectivity index (χ4v) is 0. The lowest BCUT2D eigenvalue weighted by atomic mass is 11.2. The molecular formula is C3H9N3S. The van der Waals surface area contributed by atoms with Crippen LogP contribution in [0.1, 0.15) is 0 Å². The van der Waals surface area contributed by atoms with E-state index < -0.39 is 0 Å². The van der Waals surface area contributed by atoms with Crippen molar-refractivity contribution in [2.75, 3.05) is 14.1 Å². The average molecular weight is 119 g/mol. The van der Waals surface area contributed by atoms with Gasteiger partial charge in [-0.25, -0.2) is 0 Å². The zero-order chi connectivity index (χ0) is 6.28. The molecule has 0 radical (unpaired) electrons. The summed E-state index contributed by atoms with van der Waals surface area (Å²) >= 11 is 3.09. The van der Waals surface area contributed by atoms with Gasteiger partial charge >= 0.3 is 0 Å². The predicted octanol–water partition coefficient (Wildman–Crippen LogP) is -0.181. The van der Waals surface area contributed by atoms with Crippen molar-refractivity contribution in [2.24, 2.45) is 5.84 Å². The highest BCUT2D eigenvalue weighted by Gasteiger charge is 1.57. The quantitative estimate of drug-likeness (QED) is 0.201. The van der Waals surface area contributed by atoms with Crippen LogP contribution in [-0.2, 0) is 0 Å². The normalized spacial score (nSPS) is 6.29. The molecule has 0 unspecified atom stereocenters. The molecular weight excluding hydrogens is 110 g/mol. The number of thiocyanates is 1. The number of rotatable bonds is 0. The Morgan fingerprint density at radius 3 is 1.71 bits per heavy atom. The molecule has 0 aromatic rings. The largest absolute Gasteiger partial charge is 0.269 e. The first-order valence-corrected chi connectivity index (χ1v) is 2.05. The smallest absolute Gasteiger partial charge is 0.130 e. The van der Waals surface area contributed by atoms with E-state index in [4.69, 9.17) is 11.1 Å². The average Bonchev–Trinajstić information content (AvgIpc) is 1.33. The van der Waals surface area contributed by atoms with Crippen molar-refractivity contribution in [1.29, 1.82) is 5.26 Å². The van der Waals surface area contributed by atoms with Crippen LogP contribution in [0, 0.1) is 10.7 Å². The molecule has 0 aromatic heterocycles. The fraction of sp³-hybridized carbons (Fsp3) is 0.667. The Balaban J connectivity index is 0. The Kier molecular flexibility index (Phi) is 13.1. The Labute approximate surface area is 49.1 Å². The van der Waals surface area contributed by atoms with Gasteiger partial charge in [0, 0.05) is 14.1 Å². The lowest BCUT2D eigenvalue weighted by Gasteiger charge is -1.91. The van der Waals surface area contributed by atoms with Crippen LogP contribution >= 0.6 is 12.6 Å². The van der Waals surface area contributed by atoms with E-state index in [0.29, 0.717) is 0 Å². The van der Waals surface area contributed by atoms with Crippen LogP contribution in [0.5, 0.6) is 0 Å². The summed E-state index contributed by atoms with van der Waals surface area (Å²) in [6.45, 7) is 0. The SMILES string of the molecule is CN(C)N.N#CS. The van der Waals surface area contributed by atoms with Crippen molar-refractivity contribution < 1.29 is 0 Å². The molecule has 0 atom stereocenters. The first-order chi connectivity index (χ1) is 3.15. The van der Waals surface area contributed by atoms with Crippen molar-refractivity contribution in [3.63, 3.8) is 0 Å². The Bertz CT molecular complexity index is 52.9. The Morgan fingerprint density at radius 2 is 1.71 bits per heavy atom. The van der Waals surface area contributed by atoms with Gasteiger partial charge in [-0.3, -0.25) is 10.9 Å². The van der Waals surface area contributed by atoms with Crippen molar-refractivity contribution in [1.82, 2.24) is 5.01 Å². The Hall–Kier alpha value is -0.240. The molecule has 0 saturated heterocycles. The van der Waals surface area contributed by atoms with E-state index in [2.05, 4.69) is 12.6 Å². The molecule has 4 heteroatoms. The summed E-state index contributed by atoms with van der Waals surface area (Å²) in [5.41, 5.74) is 0. The molecule has 0 rings (SSSR count). The molecule has 0 amide bonds. The van der Waals surface area contributed by atoms with Gasteiger partial charge in [-0.05, 0) is 0 Å². The minimum atomic E-state index is 1.44. The van der Waals surface area contributed by atoms with Crippen molar-refractivity contribution in [3.05, 3.63) is 0 Å². The summed E-state index contributed by atoms with van der Waals surface area (Å²) in [6, 6.07) is 0. The number of nitriles is 1. The summed E-state index contributed by atoms with van der Waals surface area (Å²) < 4.78 is 0. The number of nitrogens with zero attached hydrogens (tertiary/aromatic N) is 2. The van der Waals surface area contributed by atoms with E-state index in [0.717, 1.165) is 0 Å². The van der Waals surface area contributed by atoms with Gasteiger partial charge in [0.05, 0.1) is 0 Å². The van der Waals surface area contributed by atoms with Crippen LogP contribution in [0.2, 0.25) is 0 Å². The number of hydrogen-bond acceptors (Lipinski definition) is 4. The second-order valence-electron chi connectivity index (χ2n) is 1.06. The third kappa shape index (κ3) is 1410. The van der Waals surface area contributed by atoms with E-state index in [1.54, 1.807) is 14.1 Å². The van der Waals surface area contributed by atoms with Crippen LogP contribution in [0.25, 0.3) is 0 Å². The van der Waals surface area contributed by atoms with Gasteiger partial charge < -0.3 is 0 Å². The van der Waals surface area contributed by atoms with E-state index >= 15 is 0 Å². The van der Waals surface area contributed by atoms with Gasteiger partial charge in [-0.2, -0.15) is 5.26 Å². The van der Waals surface area contributed by atoms with Crippen LogP contribution in [0.3, 0.4) is 0 Å². The molecule has 0 aliphatic heterocycles. The topological polar surface area (TPSA) is 53.0 Å². The van der Waals surface area contributed by atoms with E-state index in [1.807, 2.05) is 0 Å². The number of nitrogens with two attached hydrogens (primary N) is 1. The standard InChI is InChI=1S/C2H8N2.CHNS/c1-4(2)3;2-1-3/h3H2,1-2H3;3H. The van der Waals surface area contributed by atoms with Crippen LogP contribution < -0.4 is 5.84 Å². The summed E-state index contributed by atoms with van der Waals surface area (Å²) in [6.07, 6.45) is 0. The third-order valence-electron chi connectivity index (χ3n) is 0. The van der Waals surface area contributed by atoms with Gasteiger partial charge in [0.15, 0.2) is 0 Å². The predicted molar refractivity (Wildman–Crippen MR) is 32.5 cm³/mol. The molecule has 0 aromatic carbocycles. The molecule has 0 heterocycles. The molecule has 0 aliphatic rings. The van der Waals surface area contributed by atoms with E-state index in [-0.39, 0.29) is 0 Å². The summed E-state index contributed by atoms with van der Waals surface area (Å²) in [5, 5.41) is 10.1. The third-order valence-corrected chi connectivity index (χ3v) is 0. The molecule has 2 N–H and O–H groups in total. The van der Waals surface area contributed by atoms with Crippen LogP contribution in [-0.4, -0.2) is 19.1 Å². The van der Waals surface area contributed by atoms with Crippen molar-refractivity contribution >= 4 is 12.6 Å². The highest BCUT2D eigenvalue weighted by molar-refractivity contribution is 7.85. The second kappa shape index (κ2) is 9.23. The summed E-state index contributed by atoms with van der Waals surface area (Å²) in [4.78, 5) is 0. The number of thiol groups is 1. The highest BCUT2D eigenvalue weighted by Crippen LogP contribution is 1.46. The van der Waals surface area contributed by atoms with Crippen molar-refractivity contribution in [2.45, 2.75) is 0 Å². The molecule has 0 spiro atoms.